The third kappa shape index (κ3) is 7.47. The van der Waals surface area contributed by atoms with E-state index in [2.05, 4.69) is 47.6 Å². The molecular formula is C33H56. The molecule has 2 rings (SSSR count). The minimum Gasteiger partial charge on any atom is -0.0654 e. The summed E-state index contributed by atoms with van der Waals surface area (Å²) in [7, 11) is 0. The molecule has 0 heterocycles. The van der Waals surface area contributed by atoms with E-state index >= 15 is 0 Å². The Morgan fingerprint density at radius 2 is 1.06 bits per heavy atom. The Morgan fingerprint density at radius 3 is 1.67 bits per heavy atom. The normalized spacial score (nSPS) is 15.5. The molecule has 33 heavy (non-hydrogen) atoms. The fraction of sp³-hybridized carbons (Fsp3) is 0.758. The molecule has 1 aromatic carbocycles. The average molecular weight is 453 g/mol. The highest BCUT2D eigenvalue weighted by molar-refractivity contribution is 5.82. The monoisotopic (exact) mass is 452 g/mol. The van der Waals surface area contributed by atoms with Gasteiger partial charge in [0.1, 0.15) is 0 Å². The molecule has 0 radical (unpaired) electrons. The van der Waals surface area contributed by atoms with Crippen LogP contribution in [0.15, 0.2) is 11.6 Å². The Labute approximate surface area is 208 Å². The first-order valence-corrected chi connectivity index (χ1v) is 15.1. The highest BCUT2D eigenvalue weighted by Crippen LogP contribution is 2.51. The van der Waals surface area contributed by atoms with E-state index < -0.39 is 0 Å². The summed E-state index contributed by atoms with van der Waals surface area (Å²) in [5.41, 5.74) is 12.5. The van der Waals surface area contributed by atoms with Crippen LogP contribution in [0.3, 0.4) is 0 Å². The summed E-state index contributed by atoms with van der Waals surface area (Å²) in [6, 6.07) is 2.75. The first-order valence-electron chi connectivity index (χ1n) is 15.1. The van der Waals surface area contributed by atoms with Crippen LogP contribution in [0, 0.1) is 0 Å². The zero-order valence-corrected chi connectivity index (χ0v) is 23.4. The highest BCUT2D eigenvalue weighted by atomic mass is 14.4. The van der Waals surface area contributed by atoms with Gasteiger partial charge in [0.05, 0.1) is 0 Å². The van der Waals surface area contributed by atoms with Crippen LogP contribution in [-0.2, 0) is 19.3 Å². The molecule has 1 unspecified atom stereocenters. The van der Waals surface area contributed by atoms with E-state index in [1.807, 2.05) is 11.1 Å². The van der Waals surface area contributed by atoms with Gasteiger partial charge in [-0.3, -0.25) is 0 Å². The highest BCUT2D eigenvalue weighted by Gasteiger charge is 2.33. The molecule has 0 N–H and O–H groups in total. The number of allylic oxidation sites excluding steroid dienone is 2. The van der Waals surface area contributed by atoms with Gasteiger partial charge in [0.2, 0.25) is 0 Å². The summed E-state index contributed by atoms with van der Waals surface area (Å²) in [4.78, 5) is 0. The van der Waals surface area contributed by atoms with Crippen LogP contribution < -0.4 is 0 Å². The van der Waals surface area contributed by atoms with Gasteiger partial charge in [-0.25, -0.2) is 0 Å². The molecule has 0 fully saturated rings. The Balaban J connectivity index is 2.73. The van der Waals surface area contributed by atoms with Crippen LogP contribution in [-0.4, -0.2) is 0 Å². The lowest BCUT2D eigenvalue weighted by molar-refractivity contribution is 0.618. The Bertz CT molecular complexity index is 720. The standard InChI is InChI=1S/C33H56/c1-7-13-19-26-25-32-29(22-16-10-4)28(21-15-9-3)31(24-18-12-6)33(32)30(23-17-11-5)27(26)20-14-8-2/h25,29H,7-24H2,1-6H3. The predicted octanol–water partition coefficient (Wildman–Crippen LogP) is 11.1. The van der Waals surface area contributed by atoms with Crippen molar-refractivity contribution in [1.82, 2.24) is 0 Å². The van der Waals surface area contributed by atoms with Gasteiger partial charge < -0.3 is 0 Å². The van der Waals surface area contributed by atoms with Crippen molar-refractivity contribution >= 4 is 5.57 Å². The first kappa shape index (κ1) is 28.2. The average Bonchev–Trinajstić information content (AvgIpc) is 3.12. The van der Waals surface area contributed by atoms with Crippen LogP contribution in [0.5, 0.6) is 0 Å². The molecule has 0 spiro atoms. The lowest BCUT2D eigenvalue weighted by Crippen LogP contribution is -2.09. The van der Waals surface area contributed by atoms with E-state index in [-0.39, 0.29) is 0 Å². The molecule has 0 nitrogen and oxygen atoms in total. The smallest absolute Gasteiger partial charge is 0.00604 e. The van der Waals surface area contributed by atoms with Crippen LogP contribution in [0.25, 0.3) is 5.57 Å². The largest absolute Gasteiger partial charge is 0.0654 e. The maximum atomic E-state index is 2.75. The van der Waals surface area contributed by atoms with Crippen LogP contribution >= 0.6 is 0 Å². The van der Waals surface area contributed by atoms with E-state index in [0.717, 1.165) is 0 Å². The molecule has 0 aliphatic heterocycles. The second-order valence-electron chi connectivity index (χ2n) is 10.7. The lowest BCUT2D eigenvalue weighted by Gasteiger charge is -2.23. The molecule has 0 aromatic heterocycles. The minimum absolute atomic E-state index is 0.708. The minimum atomic E-state index is 0.708. The second kappa shape index (κ2) is 15.8. The summed E-state index contributed by atoms with van der Waals surface area (Å²) in [6.07, 6.45) is 23.8. The summed E-state index contributed by atoms with van der Waals surface area (Å²) in [5, 5.41) is 0. The number of aryl methyl sites for hydroxylation is 1. The summed E-state index contributed by atoms with van der Waals surface area (Å²) in [6.45, 7) is 14.2. The molecule has 1 aromatic rings. The SMILES string of the molecule is CCCCC1=C(CCCC)C(CCCC)c2cc(CCCC)c(CCCC)c(CCCC)c21. The molecular weight excluding hydrogens is 396 g/mol. The summed E-state index contributed by atoms with van der Waals surface area (Å²) >= 11 is 0. The van der Waals surface area contributed by atoms with Crippen molar-refractivity contribution < 1.29 is 0 Å². The molecule has 1 atom stereocenters. The van der Waals surface area contributed by atoms with E-state index in [1.54, 1.807) is 27.8 Å². The zero-order valence-electron chi connectivity index (χ0n) is 23.4. The predicted molar refractivity (Wildman–Crippen MR) is 151 cm³/mol. The molecule has 0 amide bonds. The zero-order chi connectivity index (χ0) is 24.1. The van der Waals surface area contributed by atoms with Crippen molar-refractivity contribution in [3.63, 3.8) is 0 Å². The molecule has 188 valence electrons. The van der Waals surface area contributed by atoms with Crippen molar-refractivity contribution in [2.75, 3.05) is 0 Å². The number of hydrogen-bond donors (Lipinski definition) is 0. The molecule has 0 saturated heterocycles. The van der Waals surface area contributed by atoms with Gasteiger partial charge >= 0.3 is 0 Å². The van der Waals surface area contributed by atoms with Gasteiger partial charge in [-0.15, -0.1) is 0 Å². The topological polar surface area (TPSA) is 0 Å². The van der Waals surface area contributed by atoms with Gasteiger partial charge in [-0.05, 0) is 104 Å². The Hall–Kier alpha value is -1.04. The number of fused-ring (bicyclic) bond motifs is 1. The molecule has 0 bridgehead atoms. The fourth-order valence-electron chi connectivity index (χ4n) is 6.01. The maximum Gasteiger partial charge on any atom is 0.00604 e. The third-order valence-corrected chi connectivity index (χ3v) is 7.94. The van der Waals surface area contributed by atoms with Crippen molar-refractivity contribution in [3.05, 3.63) is 39.5 Å². The van der Waals surface area contributed by atoms with Crippen molar-refractivity contribution in [1.29, 1.82) is 0 Å². The van der Waals surface area contributed by atoms with E-state index in [1.165, 1.54) is 116 Å². The van der Waals surface area contributed by atoms with Crippen LogP contribution in [0.4, 0.5) is 0 Å². The quantitative estimate of drug-likeness (QED) is 0.208. The maximum absolute atomic E-state index is 2.75. The molecule has 0 heteroatoms. The van der Waals surface area contributed by atoms with Gasteiger partial charge in [0, 0.05) is 5.92 Å². The van der Waals surface area contributed by atoms with Crippen LogP contribution in [0.1, 0.15) is 172 Å². The number of hydrogen-bond acceptors (Lipinski definition) is 0. The number of unbranched alkanes of at least 4 members (excludes halogenated alkanes) is 6. The molecule has 1 aliphatic rings. The van der Waals surface area contributed by atoms with E-state index in [9.17, 15) is 0 Å². The van der Waals surface area contributed by atoms with Crippen molar-refractivity contribution in [2.24, 2.45) is 0 Å². The van der Waals surface area contributed by atoms with E-state index in [0.29, 0.717) is 5.92 Å². The van der Waals surface area contributed by atoms with Crippen molar-refractivity contribution in [3.8, 4) is 0 Å². The number of rotatable bonds is 18. The van der Waals surface area contributed by atoms with Gasteiger partial charge in [-0.1, -0.05) is 98.1 Å². The Morgan fingerprint density at radius 1 is 0.545 bits per heavy atom. The van der Waals surface area contributed by atoms with Gasteiger partial charge in [0.15, 0.2) is 0 Å². The second-order valence-corrected chi connectivity index (χ2v) is 10.7. The van der Waals surface area contributed by atoms with Gasteiger partial charge in [-0.2, -0.15) is 0 Å². The first-order chi connectivity index (χ1) is 16.2. The van der Waals surface area contributed by atoms with Crippen LogP contribution in [0.2, 0.25) is 0 Å². The van der Waals surface area contributed by atoms with E-state index in [4.69, 9.17) is 0 Å². The Kier molecular flexibility index (Phi) is 13.5. The van der Waals surface area contributed by atoms with Crippen molar-refractivity contribution in [2.45, 2.75) is 163 Å². The fourth-order valence-corrected chi connectivity index (χ4v) is 6.01. The molecule has 1 aliphatic carbocycles. The third-order valence-electron chi connectivity index (χ3n) is 7.94. The summed E-state index contributed by atoms with van der Waals surface area (Å²) in [5.74, 6) is 0.708. The number of benzene rings is 1. The summed E-state index contributed by atoms with van der Waals surface area (Å²) < 4.78 is 0. The molecule has 0 saturated carbocycles. The lowest BCUT2D eigenvalue weighted by atomic mass is 9.81. The van der Waals surface area contributed by atoms with Gasteiger partial charge in [0.25, 0.3) is 0 Å².